The van der Waals surface area contributed by atoms with Gasteiger partial charge in [-0.05, 0) is 34.1 Å². The molecular formula is C14H21ClN4O2. The van der Waals surface area contributed by atoms with Gasteiger partial charge in [0.15, 0.2) is 0 Å². The Labute approximate surface area is 129 Å². The molecule has 1 aromatic heterocycles. The molecule has 0 aliphatic carbocycles. The monoisotopic (exact) mass is 312 g/mol. The standard InChI is InChI=1S/C14H21ClN4O2/c1-13(2,3)21-12(20)19-6-5-14(4,9-19)18-11-16-7-10(15)8-17-11/h7-8H,5-6,9H2,1-4H3,(H,16,17,18)/t14-/m0/s1. The zero-order chi connectivity index (χ0) is 15.7. The van der Waals surface area contributed by atoms with Gasteiger partial charge in [-0.1, -0.05) is 11.6 Å². The van der Waals surface area contributed by atoms with E-state index in [9.17, 15) is 4.79 Å². The molecule has 1 aliphatic rings. The van der Waals surface area contributed by atoms with Gasteiger partial charge in [0.1, 0.15) is 5.60 Å². The van der Waals surface area contributed by atoms with Crippen molar-refractivity contribution in [3.05, 3.63) is 17.4 Å². The lowest BCUT2D eigenvalue weighted by atomic mass is 10.0. The number of carbonyl (C=O) groups excluding carboxylic acids is 1. The van der Waals surface area contributed by atoms with Crippen molar-refractivity contribution in [3.8, 4) is 0 Å². The fourth-order valence-electron chi connectivity index (χ4n) is 2.19. The van der Waals surface area contributed by atoms with Gasteiger partial charge in [0.2, 0.25) is 5.95 Å². The van der Waals surface area contributed by atoms with Crippen molar-refractivity contribution >= 4 is 23.6 Å². The third-order valence-corrected chi connectivity index (χ3v) is 3.35. The van der Waals surface area contributed by atoms with Gasteiger partial charge < -0.3 is 15.0 Å². The van der Waals surface area contributed by atoms with Crippen LogP contribution in [0.5, 0.6) is 0 Å². The minimum absolute atomic E-state index is 0.273. The highest BCUT2D eigenvalue weighted by Crippen LogP contribution is 2.26. The zero-order valence-electron chi connectivity index (χ0n) is 12.8. The van der Waals surface area contributed by atoms with E-state index in [1.54, 1.807) is 17.3 Å². The van der Waals surface area contributed by atoms with E-state index in [0.29, 0.717) is 24.1 Å². The molecule has 6 nitrogen and oxygen atoms in total. The van der Waals surface area contributed by atoms with E-state index in [2.05, 4.69) is 15.3 Å². The summed E-state index contributed by atoms with van der Waals surface area (Å²) in [6.45, 7) is 8.81. The number of nitrogens with zero attached hydrogens (tertiary/aromatic N) is 3. The van der Waals surface area contributed by atoms with Crippen molar-refractivity contribution in [2.24, 2.45) is 0 Å². The van der Waals surface area contributed by atoms with Gasteiger partial charge in [0.05, 0.1) is 23.0 Å². The fraction of sp³-hybridized carbons (Fsp3) is 0.643. The van der Waals surface area contributed by atoms with Crippen LogP contribution in [-0.4, -0.2) is 45.2 Å². The van der Waals surface area contributed by atoms with Crippen LogP contribution in [0.3, 0.4) is 0 Å². The molecule has 0 spiro atoms. The van der Waals surface area contributed by atoms with Crippen LogP contribution in [0.2, 0.25) is 5.02 Å². The lowest BCUT2D eigenvalue weighted by molar-refractivity contribution is 0.0287. The number of carbonyl (C=O) groups is 1. The second kappa shape index (κ2) is 5.67. The van der Waals surface area contributed by atoms with Gasteiger partial charge in [-0.15, -0.1) is 0 Å². The Hall–Kier alpha value is -1.56. The Balaban J connectivity index is 1.96. The first-order chi connectivity index (χ1) is 9.67. The van der Waals surface area contributed by atoms with Crippen LogP contribution in [0.1, 0.15) is 34.1 Å². The SMILES string of the molecule is CC(C)(C)OC(=O)N1CC[C@](C)(Nc2ncc(Cl)cn2)C1. The number of hydrogen-bond acceptors (Lipinski definition) is 5. The van der Waals surface area contributed by atoms with Gasteiger partial charge in [-0.2, -0.15) is 0 Å². The molecule has 1 N–H and O–H groups in total. The van der Waals surface area contributed by atoms with Gasteiger partial charge in [-0.3, -0.25) is 0 Å². The van der Waals surface area contributed by atoms with Crippen LogP contribution >= 0.6 is 11.6 Å². The Morgan fingerprint density at radius 3 is 2.62 bits per heavy atom. The number of nitrogens with one attached hydrogen (secondary N) is 1. The van der Waals surface area contributed by atoms with Crippen LogP contribution in [0.4, 0.5) is 10.7 Å². The number of likely N-dealkylation sites (tertiary alicyclic amines) is 1. The molecule has 0 radical (unpaired) electrons. The number of hydrogen-bond donors (Lipinski definition) is 1. The van der Waals surface area contributed by atoms with E-state index in [1.807, 2.05) is 27.7 Å². The Morgan fingerprint density at radius 1 is 1.43 bits per heavy atom. The first kappa shape index (κ1) is 15.8. The molecule has 1 amide bonds. The molecule has 21 heavy (non-hydrogen) atoms. The third-order valence-electron chi connectivity index (χ3n) is 3.16. The zero-order valence-corrected chi connectivity index (χ0v) is 13.6. The number of ether oxygens (including phenoxy) is 1. The van der Waals surface area contributed by atoms with Crippen LogP contribution in [0.25, 0.3) is 0 Å². The van der Waals surface area contributed by atoms with Crippen LogP contribution in [0.15, 0.2) is 12.4 Å². The van der Waals surface area contributed by atoms with Crippen molar-refractivity contribution in [2.75, 3.05) is 18.4 Å². The summed E-state index contributed by atoms with van der Waals surface area (Å²) in [4.78, 5) is 22.0. The predicted octanol–water partition coefficient (Wildman–Crippen LogP) is 2.94. The molecule has 116 valence electrons. The van der Waals surface area contributed by atoms with E-state index in [4.69, 9.17) is 16.3 Å². The largest absolute Gasteiger partial charge is 0.444 e. The maximum Gasteiger partial charge on any atom is 0.410 e. The topological polar surface area (TPSA) is 67.3 Å². The summed E-state index contributed by atoms with van der Waals surface area (Å²) in [6.07, 6.45) is 3.60. The Morgan fingerprint density at radius 2 is 2.05 bits per heavy atom. The van der Waals surface area contributed by atoms with E-state index < -0.39 is 5.60 Å². The molecular weight excluding hydrogens is 292 g/mol. The molecule has 0 unspecified atom stereocenters. The fourth-order valence-corrected chi connectivity index (χ4v) is 2.29. The second-order valence-electron chi connectivity index (χ2n) is 6.56. The molecule has 0 bridgehead atoms. The number of anilines is 1. The molecule has 0 saturated carbocycles. The van der Waals surface area contributed by atoms with Crippen molar-refractivity contribution in [3.63, 3.8) is 0 Å². The first-order valence-corrected chi connectivity index (χ1v) is 7.28. The molecule has 1 atom stereocenters. The molecule has 1 saturated heterocycles. The molecule has 2 heterocycles. The lowest BCUT2D eigenvalue weighted by Gasteiger charge is -2.27. The van der Waals surface area contributed by atoms with Crippen molar-refractivity contribution in [1.29, 1.82) is 0 Å². The smallest absolute Gasteiger partial charge is 0.410 e. The third kappa shape index (κ3) is 4.46. The maximum absolute atomic E-state index is 12.1. The van der Waals surface area contributed by atoms with Crippen molar-refractivity contribution in [1.82, 2.24) is 14.9 Å². The summed E-state index contributed by atoms with van der Waals surface area (Å²) in [6, 6.07) is 0. The van der Waals surface area contributed by atoms with Gasteiger partial charge in [0.25, 0.3) is 0 Å². The van der Waals surface area contributed by atoms with E-state index in [1.165, 1.54) is 0 Å². The molecule has 1 aliphatic heterocycles. The molecule has 7 heteroatoms. The highest BCUT2D eigenvalue weighted by Gasteiger charge is 2.38. The summed E-state index contributed by atoms with van der Waals surface area (Å²) in [5.41, 5.74) is -0.756. The van der Waals surface area contributed by atoms with Crippen LogP contribution in [-0.2, 0) is 4.74 Å². The average Bonchev–Trinajstić information content (AvgIpc) is 2.73. The van der Waals surface area contributed by atoms with E-state index in [-0.39, 0.29) is 11.6 Å². The maximum atomic E-state index is 12.1. The summed E-state index contributed by atoms with van der Waals surface area (Å²) in [5, 5.41) is 3.75. The van der Waals surface area contributed by atoms with Crippen molar-refractivity contribution < 1.29 is 9.53 Å². The van der Waals surface area contributed by atoms with E-state index in [0.717, 1.165) is 6.42 Å². The van der Waals surface area contributed by atoms with Gasteiger partial charge in [-0.25, -0.2) is 14.8 Å². The molecule has 0 aromatic carbocycles. The second-order valence-corrected chi connectivity index (χ2v) is 7.00. The minimum atomic E-state index is -0.483. The van der Waals surface area contributed by atoms with Gasteiger partial charge in [0, 0.05) is 13.1 Å². The highest BCUT2D eigenvalue weighted by atomic mass is 35.5. The quantitative estimate of drug-likeness (QED) is 0.909. The summed E-state index contributed by atoms with van der Waals surface area (Å²) in [7, 11) is 0. The number of halogens is 1. The Kier molecular flexibility index (Phi) is 4.27. The molecule has 2 rings (SSSR count). The summed E-state index contributed by atoms with van der Waals surface area (Å²) < 4.78 is 5.39. The average molecular weight is 313 g/mol. The van der Waals surface area contributed by atoms with Crippen LogP contribution in [0, 0.1) is 0 Å². The predicted molar refractivity (Wildman–Crippen MR) is 81.5 cm³/mol. The summed E-state index contributed by atoms with van der Waals surface area (Å²) in [5.74, 6) is 0.507. The minimum Gasteiger partial charge on any atom is -0.444 e. The number of aromatic nitrogens is 2. The Bertz CT molecular complexity index is 515. The lowest BCUT2D eigenvalue weighted by Crippen LogP contribution is -2.41. The van der Waals surface area contributed by atoms with Crippen molar-refractivity contribution in [2.45, 2.75) is 45.3 Å². The number of rotatable bonds is 2. The first-order valence-electron chi connectivity index (χ1n) is 6.91. The number of amides is 1. The molecule has 1 fully saturated rings. The summed E-state index contributed by atoms with van der Waals surface area (Å²) >= 11 is 5.77. The van der Waals surface area contributed by atoms with Crippen LogP contribution < -0.4 is 5.32 Å². The van der Waals surface area contributed by atoms with E-state index >= 15 is 0 Å². The normalized spacial score (nSPS) is 22.2. The highest BCUT2D eigenvalue weighted by molar-refractivity contribution is 6.30. The molecule has 1 aromatic rings. The van der Waals surface area contributed by atoms with Gasteiger partial charge >= 0.3 is 6.09 Å².